The van der Waals surface area contributed by atoms with Crippen LogP contribution < -0.4 is 9.96 Å². The zero-order valence-electron chi connectivity index (χ0n) is 10.2. The summed E-state index contributed by atoms with van der Waals surface area (Å²) in [7, 11) is -0.575. The van der Waals surface area contributed by atoms with Gasteiger partial charge in [0, 0.05) is 20.9 Å². The number of hydrogen-bond donors (Lipinski definition) is 2. The standard InChI is InChI=1S/C13H15BINO2/c1-14(17)16-12-6-7-13(18-9-8-15)11-5-3-2-4-10(11)12/h2-7,16-17H,8-9H2,1H3. The molecular formula is C13H15BINO2. The first-order valence-corrected chi connectivity index (χ1v) is 7.40. The van der Waals surface area contributed by atoms with Gasteiger partial charge in [-0.1, -0.05) is 46.9 Å². The molecule has 0 heterocycles. The summed E-state index contributed by atoms with van der Waals surface area (Å²) in [6, 6.07) is 11.9. The molecule has 2 rings (SSSR count). The molecule has 0 saturated carbocycles. The first-order valence-electron chi connectivity index (χ1n) is 5.87. The van der Waals surface area contributed by atoms with Crippen LogP contribution in [0.3, 0.4) is 0 Å². The van der Waals surface area contributed by atoms with E-state index in [-0.39, 0.29) is 0 Å². The second-order valence-corrected chi connectivity index (χ2v) is 5.09. The van der Waals surface area contributed by atoms with E-state index in [4.69, 9.17) is 4.74 Å². The van der Waals surface area contributed by atoms with Gasteiger partial charge in [-0.2, -0.15) is 0 Å². The number of hydrogen-bond acceptors (Lipinski definition) is 3. The van der Waals surface area contributed by atoms with Gasteiger partial charge >= 0.3 is 7.05 Å². The van der Waals surface area contributed by atoms with Gasteiger partial charge in [-0.25, -0.2) is 0 Å². The second-order valence-electron chi connectivity index (χ2n) is 4.01. The van der Waals surface area contributed by atoms with Crippen LogP contribution in [0.25, 0.3) is 10.8 Å². The molecule has 0 aromatic heterocycles. The summed E-state index contributed by atoms with van der Waals surface area (Å²) >= 11 is 2.29. The summed E-state index contributed by atoms with van der Waals surface area (Å²) in [6.07, 6.45) is 0. The smallest absolute Gasteiger partial charge is 0.406 e. The van der Waals surface area contributed by atoms with E-state index in [9.17, 15) is 5.02 Å². The summed E-state index contributed by atoms with van der Waals surface area (Å²) in [6.45, 7) is 2.41. The topological polar surface area (TPSA) is 41.5 Å². The Labute approximate surface area is 121 Å². The van der Waals surface area contributed by atoms with Crippen LogP contribution in [0, 0.1) is 0 Å². The highest BCUT2D eigenvalue weighted by Crippen LogP contribution is 2.31. The van der Waals surface area contributed by atoms with E-state index in [1.807, 2.05) is 36.4 Å². The highest BCUT2D eigenvalue weighted by atomic mass is 127. The Bertz CT molecular complexity index is 533. The van der Waals surface area contributed by atoms with Crippen molar-refractivity contribution in [2.45, 2.75) is 6.82 Å². The van der Waals surface area contributed by atoms with Crippen LogP contribution in [0.2, 0.25) is 6.82 Å². The fraction of sp³-hybridized carbons (Fsp3) is 0.231. The Hall–Kier alpha value is -0.945. The number of ether oxygens (including phenoxy) is 1. The number of nitrogens with one attached hydrogen (secondary N) is 1. The van der Waals surface area contributed by atoms with Gasteiger partial charge in [-0.3, -0.25) is 0 Å². The third-order valence-corrected chi connectivity index (χ3v) is 3.02. The van der Waals surface area contributed by atoms with Gasteiger partial charge in [0.15, 0.2) is 0 Å². The molecule has 0 radical (unpaired) electrons. The molecule has 0 fully saturated rings. The van der Waals surface area contributed by atoms with Crippen LogP contribution >= 0.6 is 22.6 Å². The van der Waals surface area contributed by atoms with Crippen molar-refractivity contribution in [3.63, 3.8) is 0 Å². The maximum atomic E-state index is 9.43. The zero-order valence-corrected chi connectivity index (χ0v) is 12.3. The molecule has 0 aliphatic carbocycles. The monoisotopic (exact) mass is 355 g/mol. The molecular weight excluding hydrogens is 340 g/mol. The predicted molar refractivity (Wildman–Crippen MR) is 85.8 cm³/mol. The molecule has 0 aliphatic heterocycles. The van der Waals surface area contributed by atoms with Crippen molar-refractivity contribution in [1.29, 1.82) is 0 Å². The van der Waals surface area contributed by atoms with Crippen molar-refractivity contribution in [2.75, 3.05) is 16.3 Å². The first kappa shape index (κ1) is 13.5. The minimum absolute atomic E-state index is 0.575. The van der Waals surface area contributed by atoms with E-state index in [1.54, 1.807) is 6.82 Å². The molecule has 0 atom stereocenters. The quantitative estimate of drug-likeness (QED) is 0.492. The normalized spacial score (nSPS) is 10.4. The SMILES string of the molecule is CB(O)Nc1ccc(OCCI)c2ccccc12. The van der Waals surface area contributed by atoms with Crippen molar-refractivity contribution in [1.82, 2.24) is 0 Å². The third-order valence-electron chi connectivity index (χ3n) is 2.58. The summed E-state index contributed by atoms with van der Waals surface area (Å²) in [5.74, 6) is 0.887. The van der Waals surface area contributed by atoms with E-state index in [0.29, 0.717) is 6.61 Å². The maximum absolute atomic E-state index is 9.43. The van der Waals surface area contributed by atoms with Gasteiger partial charge in [-0.05, 0) is 19.0 Å². The highest BCUT2D eigenvalue weighted by Gasteiger charge is 2.09. The predicted octanol–water partition coefficient (Wildman–Crippen LogP) is 3.18. The van der Waals surface area contributed by atoms with Gasteiger partial charge in [0.05, 0.1) is 6.61 Å². The number of halogens is 1. The van der Waals surface area contributed by atoms with Gasteiger partial charge in [0.2, 0.25) is 0 Å². The van der Waals surface area contributed by atoms with Gasteiger partial charge in [0.1, 0.15) is 5.75 Å². The number of alkyl halides is 1. The van der Waals surface area contributed by atoms with Crippen molar-refractivity contribution in [3.8, 4) is 5.75 Å². The van der Waals surface area contributed by atoms with Gasteiger partial charge in [0.25, 0.3) is 0 Å². The van der Waals surface area contributed by atoms with Crippen LogP contribution in [0.15, 0.2) is 36.4 Å². The molecule has 0 unspecified atom stereocenters. The minimum atomic E-state index is -0.575. The third kappa shape index (κ3) is 3.08. The molecule has 2 aromatic rings. The highest BCUT2D eigenvalue weighted by molar-refractivity contribution is 14.1. The van der Waals surface area contributed by atoms with Crippen molar-refractivity contribution in [2.24, 2.45) is 0 Å². The van der Waals surface area contributed by atoms with Crippen LogP contribution in [-0.4, -0.2) is 23.1 Å². The summed E-state index contributed by atoms with van der Waals surface area (Å²) in [5.41, 5.74) is 0.919. The summed E-state index contributed by atoms with van der Waals surface area (Å²) in [5, 5.41) is 14.6. The molecule has 0 aliphatic rings. The number of fused-ring (bicyclic) bond motifs is 1. The number of anilines is 1. The van der Waals surface area contributed by atoms with Gasteiger partial charge in [-0.15, -0.1) is 0 Å². The molecule has 0 saturated heterocycles. The van der Waals surface area contributed by atoms with E-state index in [0.717, 1.165) is 26.6 Å². The number of rotatable bonds is 5. The van der Waals surface area contributed by atoms with Crippen molar-refractivity contribution in [3.05, 3.63) is 36.4 Å². The van der Waals surface area contributed by atoms with E-state index in [1.165, 1.54) is 0 Å². The van der Waals surface area contributed by atoms with E-state index < -0.39 is 7.05 Å². The molecule has 0 bridgehead atoms. The fourth-order valence-electron chi connectivity index (χ4n) is 1.90. The average molecular weight is 355 g/mol. The number of benzene rings is 2. The maximum Gasteiger partial charge on any atom is 0.406 e. The van der Waals surface area contributed by atoms with Crippen molar-refractivity contribution >= 4 is 46.1 Å². The lowest BCUT2D eigenvalue weighted by Gasteiger charge is -2.13. The minimum Gasteiger partial charge on any atom is -0.492 e. The average Bonchev–Trinajstić information content (AvgIpc) is 2.37. The lowest BCUT2D eigenvalue weighted by atomic mass is 9.87. The van der Waals surface area contributed by atoms with Crippen LogP contribution in [0.5, 0.6) is 5.75 Å². The molecule has 0 spiro atoms. The Balaban J connectivity index is 2.44. The largest absolute Gasteiger partial charge is 0.492 e. The molecule has 3 nitrogen and oxygen atoms in total. The molecule has 2 aromatic carbocycles. The van der Waals surface area contributed by atoms with E-state index in [2.05, 4.69) is 27.8 Å². The zero-order chi connectivity index (χ0) is 13.0. The van der Waals surface area contributed by atoms with E-state index >= 15 is 0 Å². The lowest BCUT2D eigenvalue weighted by molar-refractivity contribution is 0.351. The van der Waals surface area contributed by atoms with Crippen LogP contribution in [0.4, 0.5) is 5.69 Å². The molecule has 18 heavy (non-hydrogen) atoms. The Morgan fingerprint density at radius 1 is 1.22 bits per heavy atom. The van der Waals surface area contributed by atoms with Crippen molar-refractivity contribution < 1.29 is 9.76 Å². The Morgan fingerprint density at radius 2 is 1.94 bits per heavy atom. The molecule has 2 N–H and O–H groups in total. The second kappa shape index (κ2) is 6.29. The van der Waals surface area contributed by atoms with Crippen LogP contribution in [-0.2, 0) is 0 Å². The lowest BCUT2D eigenvalue weighted by Crippen LogP contribution is -2.19. The summed E-state index contributed by atoms with van der Waals surface area (Å²) in [4.78, 5) is 0. The summed E-state index contributed by atoms with van der Waals surface area (Å²) < 4.78 is 6.69. The van der Waals surface area contributed by atoms with Gasteiger partial charge < -0.3 is 15.0 Å². The van der Waals surface area contributed by atoms with Crippen LogP contribution in [0.1, 0.15) is 0 Å². The molecule has 5 heteroatoms. The molecule has 0 amide bonds. The Morgan fingerprint density at radius 3 is 2.61 bits per heavy atom. The fourth-order valence-corrected chi connectivity index (χ4v) is 2.12. The first-order chi connectivity index (χ1) is 8.72. The molecule has 94 valence electrons. The Kier molecular flexibility index (Phi) is 4.71.